The van der Waals surface area contributed by atoms with Gasteiger partial charge >= 0.3 is 0 Å². The van der Waals surface area contributed by atoms with Crippen LogP contribution in [0.4, 0.5) is 0 Å². The second-order valence-corrected chi connectivity index (χ2v) is 6.99. The fourth-order valence-electron chi connectivity index (χ4n) is 4.44. The van der Waals surface area contributed by atoms with Crippen LogP contribution < -0.4 is 0 Å². The predicted octanol–water partition coefficient (Wildman–Crippen LogP) is 3.87. The predicted molar refractivity (Wildman–Crippen MR) is 83.7 cm³/mol. The van der Waals surface area contributed by atoms with Crippen LogP contribution in [0.5, 0.6) is 0 Å². The van der Waals surface area contributed by atoms with Crippen molar-refractivity contribution in [2.24, 2.45) is 17.8 Å². The molecular formula is C19H23NO. The van der Waals surface area contributed by atoms with Gasteiger partial charge in [0.05, 0.1) is 6.04 Å². The van der Waals surface area contributed by atoms with Crippen molar-refractivity contribution in [2.75, 3.05) is 6.54 Å². The Morgan fingerprint density at radius 3 is 2.62 bits per heavy atom. The number of rotatable bonds is 2. The summed E-state index contributed by atoms with van der Waals surface area (Å²) in [5, 5.41) is 0. The molecule has 1 aromatic rings. The Hall–Kier alpha value is -1.57. The number of aryl methyl sites for hydroxylation is 1. The van der Waals surface area contributed by atoms with Crippen LogP contribution in [0.3, 0.4) is 0 Å². The van der Waals surface area contributed by atoms with E-state index < -0.39 is 0 Å². The third-order valence-electron chi connectivity index (χ3n) is 5.59. The molecule has 2 nitrogen and oxygen atoms in total. The maximum Gasteiger partial charge on any atom is 0.226 e. The zero-order valence-corrected chi connectivity index (χ0v) is 12.7. The van der Waals surface area contributed by atoms with E-state index in [1.165, 1.54) is 17.5 Å². The first-order valence-electron chi connectivity index (χ1n) is 8.28. The second kappa shape index (κ2) is 5.01. The molecule has 1 heterocycles. The molecule has 1 aromatic carbocycles. The summed E-state index contributed by atoms with van der Waals surface area (Å²) in [4.78, 5) is 15.2. The summed E-state index contributed by atoms with van der Waals surface area (Å²) in [6, 6.07) is 9.03. The quantitative estimate of drug-likeness (QED) is 0.754. The van der Waals surface area contributed by atoms with Gasteiger partial charge in [-0.25, -0.2) is 0 Å². The summed E-state index contributed by atoms with van der Waals surface area (Å²) in [7, 11) is 0. The van der Waals surface area contributed by atoms with Crippen molar-refractivity contribution in [1.82, 2.24) is 4.90 Å². The third kappa shape index (κ3) is 2.21. The monoisotopic (exact) mass is 281 g/mol. The smallest absolute Gasteiger partial charge is 0.226 e. The van der Waals surface area contributed by atoms with Gasteiger partial charge in [-0.05, 0) is 50.0 Å². The van der Waals surface area contributed by atoms with Crippen LogP contribution in [0, 0.1) is 24.7 Å². The molecule has 1 aliphatic heterocycles. The van der Waals surface area contributed by atoms with E-state index in [1.54, 1.807) is 0 Å². The highest BCUT2D eigenvalue weighted by atomic mass is 16.2. The van der Waals surface area contributed by atoms with Crippen LogP contribution in [0.1, 0.15) is 42.9 Å². The van der Waals surface area contributed by atoms with Crippen molar-refractivity contribution in [3.05, 3.63) is 47.5 Å². The molecule has 4 unspecified atom stereocenters. The zero-order chi connectivity index (χ0) is 14.4. The number of carbonyl (C=O) groups excluding carboxylic acids is 1. The molecule has 2 fully saturated rings. The lowest BCUT2D eigenvalue weighted by atomic mass is 9.91. The summed E-state index contributed by atoms with van der Waals surface area (Å²) in [6.07, 6.45) is 9.15. The molecule has 2 bridgehead atoms. The number of fused-ring (bicyclic) bond motifs is 2. The molecule has 0 aromatic heterocycles. The van der Waals surface area contributed by atoms with Crippen molar-refractivity contribution in [1.29, 1.82) is 0 Å². The summed E-state index contributed by atoms with van der Waals surface area (Å²) in [6.45, 7) is 3.05. The van der Waals surface area contributed by atoms with Gasteiger partial charge in [-0.3, -0.25) is 4.79 Å². The van der Waals surface area contributed by atoms with Crippen molar-refractivity contribution >= 4 is 5.91 Å². The van der Waals surface area contributed by atoms with Crippen LogP contribution in [0.2, 0.25) is 0 Å². The Labute approximate surface area is 126 Å². The Kier molecular flexibility index (Phi) is 3.13. The van der Waals surface area contributed by atoms with Gasteiger partial charge in [0.1, 0.15) is 0 Å². The van der Waals surface area contributed by atoms with Gasteiger partial charge in [0, 0.05) is 12.5 Å². The topological polar surface area (TPSA) is 20.3 Å². The number of benzene rings is 1. The van der Waals surface area contributed by atoms with Gasteiger partial charge in [0.15, 0.2) is 0 Å². The summed E-state index contributed by atoms with van der Waals surface area (Å²) in [5.74, 6) is 1.85. The highest BCUT2D eigenvalue weighted by Crippen LogP contribution is 2.46. The van der Waals surface area contributed by atoms with Crippen LogP contribution in [-0.2, 0) is 4.79 Å². The molecule has 110 valence electrons. The second-order valence-electron chi connectivity index (χ2n) is 6.99. The first-order valence-corrected chi connectivity index (χ1v) is 8.28. The van der Waals surface area contributed by atoms with Crippen LogP contribution in [0.25, 0.3) is 0 Å². The number of allylic oxidation sites excluding steroid dienone is 2. The van der Waals surface area contributed by atoms with Crippen LogP contribution >= 0.6 is 0 Å². The molecular weight excluding hydrogens is 258 g/mol. The average Bonchev–Trinajstić information content (AvgIpc) is 3.23. The van der Waals surface area contributed by atoms with E-state index in [4.69, 9.17) is 0 Å². The lowest BCUT2D eigenvalue weighted by molar-refractivity contribution is -0.137. The zero-order valence-electron chi connectivity index (χ0n) is 12.7. The molecule has 4 rings (SSSR count). The first kappa shape index (κ1) is 13.1. The molecule has 1 saturated carbocycles. The van der Waals surface area contributed by atoms with Gasteiger partial charge in [-0.2, -0.15) is 0 Å². The van der Waals surface area contributed by atoms with E-state index in [0.29, 0.717) is 23.8 Å². The highest BCUT2D eigenvalue weighted by molar-refractivity contribution is 5.81. The fraction of sp³-hybridized carbons (Fsp3) is 0.526. The Balaban J connectivity index is 1.55. The normalized spacial score (nSPS) is 33.9. The minimum Gasteiger partial charge on any atom is -0.335 e. The van der Waals surface area contributed by atoms with E-state index >= 15 is 0 Å². The molecule has 2 aliphatic carbocycles. The molecule has 3 aliphatic rings. The van der Waals surface area contributed by atoms with Crippen LogP contribution in [0.15, 0.2) is 36.4 Å². The van der Waals surface area contributed by atoms with E-state index in [0.717, 1.165) is 25.8 Å². The Bertz CT molecular complexity index is 574. The van der Waals surface area contributed by atoms with E-state index in [1.807, 2.05) is 0 Å². The minimum absolute atomic E-state index is 0.256. The molecule has 0 radical (unpaired) electrons. The van der Waals surface area contributed by atoms with Gasteiger partial charge in [-0.15, -0.1) is 0 Å². The number of nitrogens with zero attached hydrogens (tertiary/aromatic N) is 1. The van der Waals surface area contributed by atoms with Gasteiger partial charge in [0.2, 0.25) is 5.91 Å². The maximum absolute atomic E-state index is 13.0. The van der Waals surface area contributed by atoms with E-state index in [-0.39, 0.29) is 5.92 Å². The maximum atomic E-state index is 13.0. The lowest BCUT2D eigenvalue weighted by Crippen LogP contribution is -2.37. The van der Waals surface area contributed by atoms with E-state index in [9.17, 15) is 4.79 Å². The van der Waals surface area contributed by atoms with Gasteiger partial charge < -0.3 is 4.90 Å². The molecule has 1 amide bonds. The lowest BCUT2D eigenvalue weighted by Gasteiger charge is -2.30. The molecule has 2 heteroatoms. The molecule has 21 heavy (non-hydrogen) atoms. The number of carbonyl (C=O) groups is 1. The number of likely N-dealkylation sites (tertiary alicyclic amines) is 1. The molecule has 0 N–H and O–H groups in total. The number of amides is 1. The van der Waals surface area contributed by atoms with Gasteiger partial charge in [0.25, 0.3) is 0 Å². The van der Waals surface area contributed by atoms with Crippen molar-refractivity contribution in [3.63, 3.8) is 0 Å². The Morgan fingerprint density at radius 2 is 1.95 bits per heavy atom. The summed E-state index contributed by atoms with van der Waals surface area (Å²) >= 11 is 0. The SMILES string of the molecule is Cc1ccc(C2CCCN2C(=O)C2CC3C=CC2C3)cc1. The van der Waals surface area contributed by atoms with Gasteiger partial charge in [-0.1, -0.05) is 42.0 Å². The third-order valence-corrected chi connectivity index (χ3v) is 5.59. The largest absolute Gasteiger partial charge is 0.335 e. The summed E-state index contributed by atoms with van der Waals surface area (Å²) < 4.78 is 0. The standard InChI is InChI=1S/C19H23NO/c1-13-4-7-15(8-5-13)18-3-2-10-20(18)19(21)17-12-14-6-9-16(17)11-14/h4-9,14,16-18H,2-3,10-12H2,1H3. The first-order chi connectivity index (χ1) is 10.2. The molecule has 4 atom stereocenters. The van der Waals surface area contributed by atoms with Crippen LogP contribution in [-0.4, -0.2) is 17.4 Å². The van der Waals surface area contributed by atoms with E-state index in [2.05, 4.69) is 48.2 Å². The minimum atomic E-state index is 0.256. The fourth-order valence-corrected chi connectivity index (χ4v) is 4.44. The molecule has 1 saturated heterocycles. The Morgan fingerprint density at radius 1 is 1.14 bits per heavy atom. The number of hydrogen-bond acceptors (Lipinski definition) is 1. The highest BCUT2D eigenvalue weighted by Gasteiger charge is 2.43. The van der Waals surface area contributed by atoms with Crippen molar-refractivity contribution in [3.8, 4) is 0 Å². The number of hydrogen-bond donors (Lipinski definition) is 0. The van der Waals surface area contributed by atoms with Crippen molar-refractivity contribution < 1.29 is 4.79 Å². The van der Waals surface area contributed by atoms with Crippen molar-refractivity contribution in [2.45, 2.75) is 38.6 Å². The summed E-state index contributed by atoms with van der Waals surface area (Å²) in [5.41, 5.74) is 2.60. The average molecular weight is 281 g/mol. The molecule has 0 spiro atoms.